The zero-order valence-corrected chi connectivity index (χ0v) is 16.8. The maximum Gasteiger partial charge on any atom is 0.329 e. The quantitative estimate of drug-likeness (QED) is 0.612. The summed E-state index contributed by atoms with van der Waals surface area (Å²) < 4.78 is 10.3. The smallest absolute Gasteiger partial charge is 0.329 e. The van der Waals surface area contributed by atoms with Gasteiger partial charge in [0.15, 0.2) is 5.76 Å². The minimum Gasteiger partial charge on any atom is -0.459 e. The number of furan rings is 1. The van der Waals surface area contributed by atoms with Gasteiger partial charge in [-0.1, -0.05) is 13.8 Å². The number of amides is 1. The highest BCUT2D eigenvalue weighted by molar-refractivity contribution is 7.18. The fourth-order valence-electron chi connectivity index (χ4n) is 2.71. The standard InChI is InChI=1S/C19H21N3O5S/c1-9(2)15(22-16(23)12-6-5-7-26-12)19(25)27-8-13-20-17(24)14-10(3)11(4)28-18(14)21-13/h5-7,9,15H,8H2,1-4H3,(H,22,23)(H,20,21,24). The second-order valence-electron chi connectivity index (χ2n) is 6.76. The number of fused-ring (bicyclic) bond motifs is 1. The first-order valence-corrected chi connectivity index (χ1v) is 9.59. The van der Waals surface area contributed by atoms with Gasteiger partial charge in [0.1, 0.15) is 23.3 Å². The van der Waals surface area contributed by atoms with Crippen LogP contribution in [0.2, 0.25) is 0 Å². The van der Waals surface area contributed by atoms with Crippen molar-refractivity contribution in [3.63, 3.8) is 0 Å². The van der Waals surface area contributed by atoms with Gasteiger partial charge in [0, 0.05) is 4.88 Å². The van der Waals surface area contributed by atoms with Crippen molar-refractivity contribution in [3.8, 4) is 0 Å². The third kappa shape index (κ3) is 3.99. The molecule has 3 rings (SSSR count). The van der Waals surface area contributed by atoms with Crippen molar-refractivity contribution in [1.29, 1.82) is 0 Å². The first-order valence-electron chi connectivity index (χ1n) is 8.77. The molecule has 0 aliphatic carbocycles. The normalized spacial score (nSPS) is 12.3. The Morgan fingerprint density at radius 3 is 2.75 bits per heavy atom. The Hall–Kier alpha value is -2.94. The molecular formula is C19H21N3O5S. The number of nitrogens with zero attached hydrogens (tertiary/aromatic N) is 1. The van der Waals surface area contributed by atoms with Crippen LogP contribution in [-0.4, -0.2) is 27.9 Å². The van der Waals surface area contributed by atoms with E-state index in [2.05, 4.69) is 15.3 Å². The van der Waals surface area contributed by atoms with Gasteiger partial charge < -0.3 is 19.5 Å². The minimum absolute atomic E-state index is 0.110. The van der Waals surface area contributed by atoms with Gasteiger partial charge in [-0.3, -0.25) is 9.59 Å². The fraction of sp³-hybridized carbons (Fsp3) is 0.368. The fourth-order valence-corrected chi connectivity index (χ4v) is 3.76. The van der Waals surface area contributed by atoms with Crippen LogP contribution >= 0.6 is 11.3 Å². The van der Waals surface area contributed by atoms with Crippen molar-refractivity contribution < 1.29 is 18.7 Å². The van der Waals surface area contributed by atoms with Crippen molar-refractivity contribution in [2.24, 2.45) is 5.92 Å². The van der Waals surface area contributed by atoms with Crippen LogP contribution < -0.4 is 10.9 Å². The number of aromatic amines is 1. The Balaban J connectivity index is 1.71. The van der Waals surface area contributed by atoms with Crippen molar-refractivity contribution in [2.45, 2.75) is 40.3 Å². The molecule has 148 valence electrons. The average molecular weight is 403 g/mol. The molecule has 3 aromatic rings. The number of nitrogens with one attached hydrogen (secondary N) is 2. The molecule has 0 radical (unpaired) electrons. The van der Waals surface area contributed by atoms with Gasteiger partial charge in [-0.15, -0.1) is 11.3 Å². The number of hydrogen-bond donors (Lipinski definition) is 2. The summed E-state index contributed by atoms with van der Waals surface area (Å²) in [7, 11) is 0. The number of aryl methyl sites for hydroxylation is 2. The summed E-state index contributed by atoms with van der Waals surface area (Å²) in [6.07, 6.45) is 1.38. The van der Waals surface area contributed by atoms with Crippen LogP contribution in [0.5, 0.6) is 0 Å². The molecule has 0 fully saturated rings. The van der Waals surface area contributed by atoms with E-state index in [0.29, 0.717) is 10.2 Å². The first kappa shape index (κ1) is 19.8. The number of aromatic nitrogens is 2. The summed E-state index contributed by atoms with van der Waals surface area (Å²) in [4.78, 5) is 45.6. The number of hydrogen-bond acceptors (Lipinski definition) is 7. The molecule has 0 bridgehead atoms. The predicted octanol–water partition coefficient (Wildman–Crippen LogP) is 2.69. The molecule has 3 aromatic heterocycles. The number of ether oxygens (including phenoxy) is 1. The molecular weight excluding hydrogens is 382 g/mol. The van der Waals surface area contributed by atoms with Crippen LogP contribution in [0.25, 0.3) is 10.2 Å². The number of thiophene rings is 1. The molecule has 0 saturated heterocycles. The number of carbonyl (C=O) groups excluding carboxylic acids is 2. The molecule has 0 spiro atoms. The molecule has 0 aliphatic heterocycles. The topological polar surface area (TPSA) is 114 Å². The lowest BCUT2D eigenvalue weighted by Gasteiger charge is -2.20. The third-order valence-electron chi connectivity index (χ3n) is 4.39. The van der Waals surface area contributed by atoms with Crippen molar-refractivity contribution in [3.05, 3.63) is 50.8 Å². The minimum atomic E-state index is -0.862. The summed E-state index contributed by atoms with van der Waals surface area (Å²) in [5.41, 5.74) is 0.641. The Kier molecular flexibility index (Phi) is 5.64. The number of rotatable bonds is 6. The van der Waals surface area contributed by atoms with E-state index in [1.807, 2.05) is 13.8 Å². The molecule has 0 saturated carbocycles. The second kappa shape index (κ2) is 7.97. The number of esters is 1. The molecule has 8 nitrogen and oxygen atoms in total. The van der Waals surface area contributed by atoms with Crippen LogP contribution in [0, 0.1) is 19.8 Å². The van der Waals surface area contributed by atoms with E-state index in [-0.39, 0.29) is 29.7 Å². The maximum absolute atomic E-state index is 12.5. The highest BCUT2D eigenvalue weighted by Gasteiger charge is 2.27. The zero-order valence-electron chi connectivity index (χ0n) is 16.0. The molecule has 0 aliphatic rings. The molecule has 1 unspecified atom stereocenters. The average Bonchev–Trinajstić information content (AvgIpc) is 3.26. The summed E-state index contributed by atoms with van der Waals surface area (Å²) in [6.45, 7) is 7.19. The summed E-state index contributed by atoms with van der Waals surface area (Å²) in [6, 6.07) is 2.23. The van der Waals surface area contributed by atoms with Gasteiger partial charge in [-0.05, 0) is 37.5 Å². The van der Waals surface area contributed by atoms with Crippen LogP contribution in [0.4, 0.5) is 0 Å². The summed E-state index contributed by atoms with van der Waals surface area (Å²) in [5, 5.41) is 3.17. The van der Waals surface area contributed by atoms with E-state index in [1.165, 1.54) is 23.7 Å². The van der Waals surface area contributed by atoms with Crippen molar-refractivity contribution >= 4 is 33.4 Å². The molecule has 0 aromatic carbocycles. The van der Waals surface area contributed by atoms with Crippen LogP contribution in [-0.2, 0) is 16.1 Å². The lowest BCUT2D eigenvalue weighted by Crippen LogP contribution is -2.45. The molecule has 2 N–H and O–H groups in total. The van der Waals surface area contributed by atoms with E-state index < -0.39 is 17.9 Å². The molecule has 28 heavy (non-hydrogen) atoms. The summed E-state index contributed by atoms with van der Waals surface area (Å²) in [5.74, 6) is -0.955. The van der Waals surface area contributed by atoms with Gasteiger partial charge in [0.25, 0.3) is 11.5 Å². The summed E-state index contributed by atoms with van der Waals surface area (Å²) >= 11 is 1.42. The lowest BCUT2D eigenvalue weighted by molar-refractivity contribution is -0.148. The zero-order chi connectivity index (χ0) is 20.4. The van der Waals surface area contributed by atoms with Crippen LogP contribution in [0.15, 0.2) is 27.6 Å². The van der Waals surface area contributed by atoms with E-state index in [9.17, 15) is 14.4 Å². The first-order chi connectivity index (χ1) is 13.3. The van der Waals surface area contributed by atoms with Gasteiger partial charge in [-0.25, -0.2) is 9.78 Å². The van der Waals surface area contributed by atoms with Gasteiger partial charge in [-0.2, -0.15) is 0 Å². The molecule has 9 heteroatoms. The van der Waals surface area contributed by atoms with E-state index in [0.717, 1.165) is 10.4 Å². The van der Waals surface area contributed by atoms with E-state index >= 15 is 0 Å². The second-order valence-corrected chi connectivity index (χ2v) is 7.96. The maximum atomic E-state index is 12.5. The van der Waals surface area contributed by atoms with Crippen LogP contribution in [0.3, 0.4) is 0 Å². The Morgan fingerprint density at radius 1 is 1.36 bits per heavy atom. The highest BCUT2D eigenvalue weighted by atomic mass is 32.1. The molecule has 3 heterocycles. The van der Waals surface area contributed by atoms with Crippen LogP contribution in [0.1, 0.15) is 40.7 Å². The van der Waals surface area contributed by atoms with Gasteiger partial charge in [0.05, 0.1) is 11.6 Å². The number of H-pyrrole nitrogens is 1. The predicted molar refractivity (Wildman–Crippen MR) is 104 cm³/mol. The van der Waals surface area contributed by atoms with E-state index in [4.69, 9.17) is 9.15 Å². The van der Waals surface area contributed by atoms with Gasteiger partial charge >= 0.3 is 5.97 Å². The Morgan fingerprint density at radius 2 is 2.11 bits per heavy atom. The highest BCUT2D eigenvalue weighted by Crippen LogP contribution is 2.25. The van der Waals surface area contributed by atoms with Crippen molar-refractivity contribution in [1.82, 2.24) is 15.3 Å². The number of carbonyl (C=O) groups is 2. The SMILES string of the molecule is Cc1sc2nc(COC(=O)C(NC(=O)c3ccco3)C(C)C)[nH]c(=O)c2c1C. The third-order valence-corrected chi connectivity index (χ3v) is 5.49. The Labute approximate surface area is 164 Å². The largest absolute Gasteiger partial charge is 0.459 e. The lowest BCUT2D eigenvalue weighted by atomic mass is 10.0. The molecule has 1 amide bonds. The van der Waals surface area contributed by atoms with Crippen molar-refractivity contribution in [2.75, 3.05) is 0 Å². The Bertz CT molecular complexity index is 1070. The monoisotopic (exact) mass is 403 g/mol. The van der Waals surface area contributed by atoms with E-state index in [1.54, 1.807) is 19.9 Å². The van der Waals surface area contributed by atoms with Gasteiger partial charge in [0.2, 0.25) is 0 Å². The molecule has 1 atom stereocenters.